The number of piperidine rings is 1. The van der Waals surface area contributed by atoms with Crippen LogP contribution in [-0.4, -0.2) is 89.0 Å². The van der Waals surface area contributed by atoms with E-state index >= 15 is 0 Å². The molecule has 0 unspecified atom stereocenters. The number of likely N-dealkylation sites (N-methyl/N-ethyl adjacent to an activating group) is 1. The van der Waals surface area contributed by atoms with Crippen LogP contribution < -0.4 is 5.32 Å². The van der Waals surface area contributed by atoms with Gasteiger partial charge in [0.05, 0.1) is 17.9 Å². The number of aliphatic hydroxyl groups is 1. The number of hydrogen-bond acceptors (Lipinski definition) is 6. The third kappa shape index (κ3) is 5.08. The van der Waals surface area contributed by atoms with Crippen LogP contribution in [0.1, 0.15) is 56.1 Å². The number of nitrogens with zero attached hydrogens (tertiary/aromatic N) is 4. The van der Waals surface area contributed by atoms with Gasteiger partial charge in [-0.15, -0.1) is 0 Å². The summed E-state index contributed by atoms with van der Waals surface area (Å²) < 4.78 is 26.4. The summed E-state index contributed by atoms with van der Waals surface area (Å²) in [5.74, 6) is -0.140. The summed E-state index contributed by atoms with van der Waals surface area (Å²) in [5.41, 5.74) is 1.42. The molecule has 2 N–H and O–H groups in total. The second kappa shape index (κ2) is 9.32. The van der Waals surface area contributed by atoms with Crippen LogP contribution in [0.25, 0.3) is 10.9 Å². The van der Waals surface area contributed by atoms with Crippen molar-refractivity contribution in [3.05, 3.63) is 30.0 Å². The Kier molecular flexibility index (Phi) is 6.82. The van der Waals surface area contributed by atoms with E-state index in [0.29, 0.717) is 12.2 Å². The van der Waals surface area contributed by atoms with Gasteiger partial charge >= 0.3 is 0 Å². The number of fused-ring (bicyclic) bond motifs is 3. The van der Waals surface area contributed by atoms with Crippen LogP contribution in [0.2, 0.25) is 0 Å². The van der Waals surface area contributed by atoms with Gasteiger partial charge in [0.15, 0.2) is 5.69 Å². The Morgan fingerprint density at radius 2 is 1.88 bits per heavy atom. The van der Waals surface area contributed by atoms with E-state index in [2.05, 4.69) is 29.2 Å². The van der Waals surface area contributed by atoms with Crippen LogP contribution in [0, 0.1) is 0 Å². The quantitative estimate of drug-likeness (QED) is 0.598. The molecule has 1 amide bonds. The van der Waals surface area contributed by atoms with E-state index in [0.717, 1.165) is 42.8 Å². The number of aliphatic hydroxyl groups excluding tert-OH is 1. The molecule has 2 bridgehead atoms. The fraction of sp³-hybridized carbons (Fsp3) is 0.652. The molecule has 2 fully saturated rings. The number of carbonyl (C=O) groups is 1. The van der Waals surface area contributed by atoms with Crippen LogP contribution in [0.3, 0.4) is 0 Å². The molecule has 2 saturated heterocycles. The first-order chi connectivity index (χ1) is 15.5. The minimum absolute atomic E-state index is 0.0602. The molecule has 1 aromatic carbocycles. The van der Waals surface area contributed by atoms with E-state index in [1.807, 2.05) is 28.9 Å². The van der Waals surface area contributed by atoms with Crippen molar-refractivity contribution in [2.24, 2.45) is 0 Å². The molecule has 2 aliphatic rings. The van der Waals surface area contributed by atoms with Crippen LogP contribution in [0.15, 0.2) is 24.3 Å². The smallest absolute Gasteiger partial charge is 0.272 e. The van der Waals surface area contributed by atoms with Gasteiger partial charge in [0, 0.05) is 49.7 Å². The highest BCUT2D eigenvalue weighted by atomic mass is 32.2. The summed E-state index contributed by atoms with van der Waals surface area (Å²) in [6, 6.07) is 8.58. The third-order valence-electron chi connectivity index (χ3n) is 6.99. The molecule has 4 rings (SSSR count). The standard InChI is InChI=1S/C23H35N5O4S/c1-15(2)28-21-8-6-5-7-20(21)22(25-28)23(30)24-16-11-17-9-10-18(12-16)27(17)14-19(29)13-26(3)33(4,31)32/h5-8,15-19,29H,9-14H2,1-4H3,(H,24,30)/t17-,18-,19+/m1/s1. The van der Waals surface area contributed by atoms with Crippen molar-refractivity contribution in [1.29, 1.82) is 0 Å². The monoisotopic (exact) mass is 477 g/mol. The van der Waals surface area contributed by atoms with Crippen molar-refractivity contribution in [2.45, 2.75) is 69.8 Å². The first-order valence-corrected chi connectivity index (χ1v) is 13.5. The lowest BCUT2D eigenvalue weighted by atomic mass is 9.96. The number of nitrogens with one attached hydrogen (secondary N) is 1. The van der Waals surface area contributed by atoms with Gasteiger partial charge in [0.2, 0.25) is 10.0 Å². The van der Waals surface area contributed by atoms with Crippen molar-refractivity contribution in [2.75, 3.05) is 26.4 Å². The Hall–Kier alpha value is -2.01. The number of benzene rings is 1. The molecule has 3 atom stereocenters. The predicted molar refractivity (Wildman–Crippen MR) is 128 cm³/mol. The molecule has 2 aromatic rings. The first-order valence-electron chi connectivity index (χ1n) is 11.7. The maximum Gasteiger partial charge on any atom is 0.272 e. The highest BCUT2D eigenvalue weighted by molar-refractivity contribution is 7.88. The lowest BCUT2D eigenvalue weighted by Gasteiger charge is -2.40. The highest BCUT2D eigenvalue weighted by Gasteiger charge is 2.42. The highest BCUT2D eigenvalue weighted by Crippen LogP contribution is 2.36. The van der Waals surface area contributed by atoms with Gasteiger partial charge in [0.25, 0.3) is 5.91 Å². The maximum absolute atomic E-state index is 13.2. The molecular weight excluding hydrogens is 442 g/mol. The molecule has 33 heavy (non-hydrogen) atoms. The average molecular weight is 478 g/mol. The molecule has 0 spiro atoms. The molecule has 3 heterocycles. The Labute approximate surface area is 195 Å². The SMILES string of the molecule is CC(C)n1nc(C(=O)NC2C[C@H]3CC[C@H](C2)N3C[C@@H](O)CN(C)S(C)(=O)=O)c2ccccc21. The van der Waals surface area contributed by atoms with E-state index in [4.69, 9.17) is 0 Å². The predicted octanol–water partition coefficient (Wildman–Crippen LogP) is 1.59. The van der Waals surface area contributed by atoms with Gasteiger partial charge in [-0.3, -0.25) is 14.4 Å². The Bertz CT molecular complexity index is 1100. The molecule has 9 nitrogen and oxygen atoms in total. The van der Waals surface area contributed by atoms with E-state index < -0.39 is 16.1 Å². The Balaban J connectivity index is 1.40. The zero-order valence-electron chi connectivity index (χ0n) is 19.8. The number of rotatable bonds is 8. The fourth-order valence-corrected chi connectivity index (χ4v) is 5.77. The summed E-state index contributed by atoms with van der Waals surface area (Å²) >= 11 is 0. The van der Waals surface area contributed by atoms with Crippen molar-refractivity contribution in [3.63, 3.8) is 0 Å². The van der Waals surface area contributed by atoms with Gasteiger partial charge in [-0.05, 0) is 45.6 Å². The average Bonchev–Trinajstić information content (AvgIpc) is 3.22. The normalized spacial score (nSPS) is 24.6. The molecule has 10 heteroatoms. The molecule has 2 aliphatic heterocycles. The van der Waals surface area contributed by atoms with Crippen LogP contribution in [0.4, 0.5) is 0 Å². The van der Waals surface area contributed by atoms with E-state index in [1.54, 1.807) is 0 Å². The van der Waals surface area contributed by atoms with Gasteiger partial charge in [-0.25, -0.2) is 12.7 Å². The van der Waals surface area contributed by atoms with Crippen molar-refractivity contribution in [1.82, 2.24) is 24.3 Å². The number of sulfonamides is 1. The third-order valence-corrected chi connectivity index (χ3v) is 8.27. The largest absolute Gasteiger partial charge is 0.390 e. The molecule has 0 radical (unpaired) electrons. The number of carbonyl (C=O) groups excluding carboxylic acids is 1. The van der Waals surface area contributed by atoms with Crippen molar-refractivity contribution in [3.8, 4) is 0 Å². The summed E-state index contributed by atoms with van der Waals surface area (Å²) in [4.78, 5) is 15.5. The van der Waals surface area contributed by atoms with Crippen molar-refractivity contribution >= 4 is 26.8 Å². The number of para-hydroxylation sites is 1. The summed E-state index contributed by atoms with van der Waals surface area (Å²) in [6.07, 6.45) is 4.09. The molecule has 182 valence electrons. The van der Waals surface area contributed by atoms with E-state index in [1.165, 1.54) is 11.4 Å². The zero-order valence-corrected chi connectivity index (χ0v) is 20.6. The molecule has 0 saturated carbocycles. The Morgan fingerprint density at radius 1 is 1.24 bits per heavy atom. The lowest BCUT2D eigenvalue weighted by Crippen LogP contribution is -2.53. The Morgan fingerprint density at radius 3 is 2.48 bits per heavy atom. The topological polar surface area (TPSA) is 108 Å². The molecule has 1 aromatic heterocycles. The summed E-state index contributed by atoms with van der Waals surface area (Å²) in [7, 11) is -1.83. The zero-order chi connectivity index (χ0) is 23.9. The van der Waals surface area contributed by atoms with Crippen LogP contribution >= 0.6 is 0 Å². The summed E-state index contributed by atoms with van der Waals surface area (Å²) in [5, 5.41) is 19.2. The van der Waals surface area contributed by atoms with Gasteiger partial charge in [-0.2, -0.15) is 5.10 Å². The van der Waals surface area contributed by atoms with Crippen LogP contribution in [-0.2, 0) is 10.0 Å². The van der Waals surface area contributed by atoms with E-state index in [-0.39, 0.29) is 36.6 Å². The van der Waals surface area contributed by atoms with Crippen LogP contribution in [0.5, 0.6) is 0 Å². The number of hydrogen-bond donors (Lipinski definition) is 2. The summed E-state index contributed by atoms with van der Waals surface area (Å²) in [6.45, 7) is 4.63. The van der Waals surface area contributed by atoms with Gasteiger partial charge < -0.3 is 10.4 Å². The lowest BCUT2D eigenvalue weighted by molar-refractivity contribution is 0.0448. The minimum Gasteiger partial charge on any atom is -0.390 e. The fourth-order valence-electron chi connectivity index (χ4n) is 5.33. The number of amides is 1. The molecule has 0 aliphatic carbocycles. The van der Waals surface area contributed by atoms with Crippen molar-refractivity contribution < 1.29 is 18.3 Å². The van der Waals surface area contributed by atoms with Gasteiger partial charge in [-0.1, -0.05) is 18.2 Å². The first kappa shape index (κ1) is 24.1. The second-order valence-corrected chi connectivity index (χ2v) is 11.9. The minimum atomic E-state index is -3.32. The number of aromatic nitrogens is 2. The molecular formula is C23H35N5O4S. The van der Waals surface area contributed by atoms with E-state index in [9.17, 15) is 18.3 Å². The van der Waals surface area contributed by atoms with Gasteiger partial charge in [0.1, 0.15) is 0 Å². The maximum atomic E-state index is 13.2. The second-order valence-electron chi connectivity index (χ2n) is 9.82.